The molecule has 2 aromatic rings. The molecule has 136 valence electrons. The maximum absolute atomic E-state index is 5.92. The summed E-state index contributed by atoms with van der Waals surface area (Å²) in [5.74, 6) is 1.21. The number of methoxy groups -OCH3 is 1. The summed E-state index contributed by atoms with van der Waals surface area (Å²) in [4.78, 5) is 6.66. The number of rotatable bonds is 8. The molecule has 0 aliphatic rings. The van der Waals surface area contributed by atoms with Crippen molar-refractivity contribution in [3.05, 3.63) is 60.2 Å². The van der Waals surface area contributed by atoms with E-state index >= 15 is 0 Å². The first-order chi connectivity index (χ1) is 11.7. The number of ether oxygens (including phenoxy) is 1. The zero-order chi connectivity index (χ0) is 17.2. The van der Waals surface area contributed by atoms with Crippen LogP contribution in [-0.4, -0.2) is 38.1 Å². The molecule has 0 aromatic heterocycles. The van der Waals surface area contributed by atoms with Gasteiger partial charge in [-0.3, -0.25) is 4.99 Å². The summed E-state index contributed by atoms with van der Waals surface area (Å²) in [5.41, 5.74) is 8.12. The first-order valence-electron chi connectivity index (χ1n) is 8.11. The quantitative estimate of drug-likeness (QED) is 0.277. The van der Waals surface area contributed by atoms with E-state index in [0.29, 0.717) is 12.5 Å². The summed E-state index contributed by atoms with van der Waals surface area (Å²) >= 11 is 0. The molecule has 0 saturated carbocycles. The SMILES string of the molecule is COc1cccc(NC(N)=NCCCN(C)Cc2ccccc2)c1.I. The Morgan fingerprint density at radius 1 is 1.16 bits per heavy atom. The van der Waals surface area contributed by atoms with Crippen molar-refractivity contribution in [2.45, 2.75) is 13.0 Å². The van der Waals surface area contributed by atoms with Gasteiger partial charge in [-0.25, -0.2) is 0 Å². The Morgan fingerprint density at radius 2 is 1.92 bits per heavy atom. The summed E-state index contributed by atoms with van der Waals surface area (Å²) in [7, 11) is 3.76. The van der Waals surface area contributed by atoms with Crippen molar-refractivity contribution < 1.29 is 4.74 Å². The Hall–Kier alpha value is -1.80. The predicted molar refractivity (Wildman–Crippen MR) is 116 cm³/mol. The molecule has 3 N–H and O–H groups in total. The lowest BCUT2D eigenvalue weighted by Gasteiger charge is -2.16. The van der Waals surface area contributed by atoms with Crippen LogP contribution in [0.15, 0.2) is 59.6 Å². The second-order valence-corrected chi connectivity index (χ2v) is 5.70. The third kappa shape index (κ3) is 8.22. The van der Waals surface area contributed by atoms with Crippen LogP contribution < -0.4 is 15.8 Å². The Bertz CT molecular complexity index is 649. The minimum absolute atomic E-state index is 0. The zero-order valence-corrected chi connectivity index (χ0v) is 17.1. The molecule has 0 radical (unpaired) electrons. The van der Waals surface area contributed by atoms with Crippen LogP contribution in [0.3, 0.4) is 0 Å². The lowest BCUT2D eigenvalue weighted by Crippen LogP contribution is -2.24. The molecule has 6 heteroatoms. The normalized spacial score (nSPS) is 11.1. The van der Waals surface area contributed by atoms with Gasteiger partial charge in [0.25, 0.3) is 0 Å². The van der Waals surface area contributed by atoms with Crippen LogP contribution in [0.2, 0.25) is 0 Å². The highest BCUT2D eigenvalue weighted by Crippen LogP contribution is 2.16. The average Bonchev–Trinajstić information content (AvgIpc) is 2.60. The van der Waals surface area contributed by atoms with Gasteiger partial charge in [-0.15, -0.1) is 24.0 Å². The largest absolute Gasteiger partial charge is 0.497 e. The summed E-state index contributed by atoms with van der Waals surface area (Å²) in [5, 5.41) is 3.08. The number of hydrogen-bond donors (Lipinski definition) is 2. The van der Waals surface area contributed by atoms with E-state index in [0.717, 1.165) is 30.9 Å². The smallest absolute Gasteiger partial charge is 0.193 e. The van der Waals surface area contributed by atoms with Crippen molar-refractivity contribution in [3.8, 4) is 5.75 Å². The number of benzene rings is 2. The monoisotopic (exact) mass is 454 g/mol. The maximum Gasteiger partial charge on any atom is 0.193 e. The van der Waals surface area contributed by atoms with Crippen LogP contribution >= 0.6 is 24.0 Å². The third-order valence-electron chi connectivity index (χ3n) is 3.62. The lowest BCUT2D eigenvalue weighted by molar-refractivity contribution is 0.324. The average molecular weight is 454 g/mol. The number of anilines is 1. The third-order valence-corrected chi connectivity index (χ3v) is 3.62. The number of aliphatic imine (C=N–C) groups is 1. The molecule has 0 aliphatic carbocycles. The molecule has 0 spiro atoms. The molecule has 0 aliphatic heterocycles. The van der Waals surface area contributed by atoms with E-state index in [4.69, 9.17) is 10.5 Å². The molecular formula is C19H27IN4O. The summed E-state index contributed by atoms with van der Waals surface area (Å²) in [6.07, 6.45) is 0.962. The van der Waals surface area contributed by atoms with Gasteiger partial charge in [0.1, 0.15) is 5.75 Å². The van der Waals surface area contributed by atoms with Gasteiger partial charge in [0.05, 0.1) is 7.11 Å². The van der Waals surface area contributed by atoms with E-state index in [-0.39, 0.29) is 24.0 Å². The molecule has 0 atom stereocenters. The number of nitrogens with zero attached hydrogens (tertiary/aromatic N) is 2. The number of halogens is 1. The summed E-state index contributed by atoms with van der Waals surface area (Å²) in [6, 6.07) is 18.1. The van der Waals surface area contributed by atoms with Crippen molar-refractivity contribution >= 4 is 35.6 Å². The van der Waals surface area contributed by atoms with Crippen LogP contribution in [0, 0.1) is 0 Å². The second-order valence-electron chi connectivity index (χ2n) is 5.70. The molecule has 0 amide bonds. The molecule has 0 heterocycles. The van der Waals surface area contributed by atoms with Gasteiger partial charge in [-0.2, -0.15) is 0 Å². The summed E-state index contributed by atoms with van der Waals surface area (Å²) in [6.45, 7) is 2.62. The number of nitrogens with one attached hydrogen (secondary N) is 1. The van der Waals surface area contributed by atoms with Crippen molar-refractivity contribution in [3.63, 3.8) is 0 Å². The fourth-order valence-corrected chi connectivity index (χ4v) is 2.40. The fraction of sp³-hybridized carbons (Fsp3) is 0.316. The molecule has 0 bridgehead atoms. The highest BCUT2D eigenvalue weighted by atomic mass is 127. The minimum atomic E-state index is 0. The Morgan fingerprint density at radius 3 is 2.64 bits per heavy atom. The van der Waals surface area contributed by atoms with Crippen LogP contribution in [0.4, 0.5) is 5.69 Å². The summed E-state index contributed by atoms with van der Waals surface area (Å²) < 4.78 is 5.18. The standard InChI is InChI=1S/C19H26N4O.HI/c1-23(15-16-8-4-3-5-9-16)13-7-12-21-19(20)22-17-10-6-11-18(14-17)24-2;/h3-6,8-11,14H,7,12-13,15H2,1-2H3,(H3,20,21,22);1H. The lowest BCUT2D eigenvalue weighted by atomic mass is 10.2. The van der Waals surface area contributed by atoms with Gasteiger partial charge < -0.3 is 20.7 Å². The van der Waals surface area contributed by atoms with Crippen LogP contribution in [0.25, 0.3) is 0 Å². The Balaban J connectivity index is 0.00000312. The van der Waals surface area contributed by atoms with Gasteiger partial charge in [-0.05, 0) is 37.7 Å². The maximum atomic E-state index is 5.92. The first kappa shape index (κ1) is 21.2. The van der Waals surface area contributed by atoms with Crippen molar-refractivity contribution in [1.82, 2.24) is 4.90 Å². The highest BCUT2D eigenvalue weighted by Gasteiger charge is 2.00. The number of guanidine groups is 1. The van der Waals surface area contributed by atoms with Gasteiger partial charge in [0.15, 0.2) is 5.96 Å². The highest BCUT2D eigenvalue weighted by molar-refractivity contribution is 14.0. The van der Waals surface area contributed by atoms with Crippen molar-refractivity contribution in [2.24, 2.45) is 10.7 Å². The van der Waals surface area contributed by atoms with E-state index in [2.05, 4.69) is 46.5 Å². The molecule has 2 aromatic carbocycles. The minimum Gasteiger partial charge on any atom is -0.497 e. The zero-order valence-electron chi connectivity index (χ0n) is 14.8. The van der Waals surface area contributed by atoms with Crippen molar-refractivity contribution in [2.75, 3.05) is 32.6 Å². The molecule has 2 rings (SSSR count). The number of nitrogens with two attached hydrogens (primary N) is 1. The van der Waals surface area contributed by atoms with E-state index in [1.54, 1.807) is 7.11 Å². The van der Waals surface area contributed by atoms with Crippen LogP contribution in [0.5, 0.6) is 5.75 Å². The van der Waals surface area contributed by atoms with E-state index in [9.17, 15) is 0 Å². The Kier molecular flexibility index (Phi) is 9.94. The Labute approximate surface area is 167 Å². The van der Waals surface area contributed by atoms with E-state index in [1.807, 2.05) is 30.3 Å². The van der Waals surface area contributed by atoms with Gasteiger partial charge in [0.2, 0.25) is 0 Å². The fourth-order valence-electron chi connectivity index (χ4n) is 2.40. The molecule has 0 fully saturated rings. The second kappa shape index (κ2) is 11.7. The van der Waals surface area contributed by atoms with E-state index < -0.39 is 0 Å². The van der Waals surface area contributed by atoms with E-state index in [1.165, 1.54) is 5.56 Å². The molecule has 25 heavy (non-hydrogen) atoms. The molecule has 0 unspecified atom stereocenters. The number of hydrogen-bond acceptors (Lipinski definition) is 3. The van der Waals surface area contributed by atoms with Crippen molar-refractivity contribution in [1.29, 1.82) is 0 Å². The van der Waals surface area contributed by atoms with Crippen LogP contribution in [-0.2, 0) is 6.54 Å². The van der Waals surface area contributed by atoms with Gasteiger partial charge >= 0.3 is 0 Å². The predicted octanol–water partition coefficient (Wildman–Crippen LogP) is 3.56. The van der Waals surface area contributed by atoms with Gasteiger partial charge in [-0.1, -0.05) is 36.4 Å². The topological polar surface area (TPSA) is 62.9 Å². The molecule has 5 nitrogen and oxygen atoms in total. The van der Waals surface area contributed by atoms with Crippen LogP contribution in [0.1, 0.15) is 12.0 Å². The van der Waals surface area contributed by atoms with Gasteiger partial charge in [0, 0.05) is 24.8 Å². The first-order valence-corrected chi connectivity index (χ1v) is 8.11. The molecular weight excluding hydrogens is 427 g/mol. The molecule has 0 saturated heterocycles.